The van der Waals surface area contributed by atoms with Crippen molar-refractivity contribution in [3.05, 3.63) is 18.0 Å². The van der Waals surface area contributed by atoms with Crippen molar-refractivity contribution in [1.29, 1.82) is 0 Å². The van der Waals surface area contributed by atoms with Gasteiger partial charge in [-0.15, -0.1) is 0 Å². The summed E-state index contributed by atoms with van der Waals surface area (Å²) in [7, 11) is 0. The van der Waals surface area contributed by atoms with Gasteiger partial charge in [-0.3, -0.25) is 4.68 Å². The average molecular weight is 262 g/mol. The van der Waals surface area contributed by atoms with E-state index in [1.165, 1.54) is 37.8 Å². The minimum atomic E-state index is -0.0922. The van der Waals surface area contributed by atoms with E-state index in [0.29, 0.717) is 17.9 Å². The molecular formula is C16H26N2O. The molecule has 0 radical (unpaired) electrons. The Hall–Kier alpha value is -0.830. The van der Waals surface area contributed by atoms with Crippen LogP contribution >= 0.6 is 0 Å². The van der Waals surface area contributed by atoms with Gasteiger partial charge in [-0.05, 0) is 50.0 Å². The van der Waals surface area contributed by atoms with Gasteiger partial charge in [0.05, 0.1) is 17.8 Å². The molecule has 1 aromatic heterocycles. The zero-order valence-corrected chi connectivity index (χ0v) is 12.0. The molecule has 0 aromatic carbocycles. The van der Waals surface area contributed by atoms with Gasteiger partial charge in [0.25, 0.3) is 0 Å². The molecule has 2 fully saturated rings. The molecule has 2 aliphatic carbocycles. The molecule has 2 saturated carbocycles. The Labute approximate surface area is 116 Å². The van der Waals surface area contributed by atoms with E-state index >= 15 is 0 Å². The van der Waals surface area contributed by atoms with Crippen molar-refractivity contribution in [3.8, 4) is 0 Å². The average Bonchev–Trinajstić information content (AvgIpc) is 3.02. The Bertz CT molecular complexity index is 409. The molecule has 3 atom stereocenters. The lowest BCUT2D eigenvalue weighted by molar-refractivity contribution is 0.127. The Kier molecular flexibility index (Phi) is 3.92. The van der Waals surface area contributed by atoms with Crippen LogP contribution in [0.25, 0.3) is 0 Å². The zero-order valence-electron chi connectivity index (χ0n) is 12.0. The topological polar surface area (TPSA) is 38.0 Å². The van der Waals surface area contributed by atoms with Gasteiger partial charge in [0.15, 0.2) is 0 Å². The predicted octanol–water partition coefficient (Wildman–Crippen LogP) is 3.34. The van der Waals surface area contributed by atoms with Gasteiger partial charge in [0.1, 0.15) is 0 Å². The van der Waals surface area contributed by atoms with Crippen molar-refractivity contribution in [1.82, 2.24) is 9.78 Å². The van der Waals surface area contributed by atoms with Crippen molar-refractivity contribution >= 4 is 0 Å². The van der Waals surface area contributed by atoms with E-state index in [0.717, 1.165) is 19.3 Å². The summed E-state index contributed by atoms with van der Waals surface area (Å²) in [6.07, 6.45) is 11.9. The van der Waals surface area contributed by atoms with Crippen LogP contribution in [0.3, 0.4) is 0 Å². The summed E-state index contributed by atoms with van der Waals surface area (Å²) >= 11 is 0. The third kappa shape index (κ3) is 2.86. The first kappa shape index (κ1) is 13.2. The fourth-order valence-electron chi connectivity index (χ4n) is 3.82. The van der Waals surface area contributed by atoms with E-state index in [-0.39, 0.29) is 6.10 Å². The van der Waals surface area contributed by atoms with Crippen molar-refractivity contribution in [3.63, 3.8) is 0 Å². The van der Waals surface area contributed by atoms with E-state index in [9.17, 15) is 5.11 Å². The molecule has 3 rings (SSSR count). The third-order valence-corrected chi connectivity index (χ3v) is 5.27. The zero-order chi connectivity index (χ0) is 13.2. The smallest absolute Gasteiger partial charge is 0.0627 e. The molecule has 1 N–H and O–H groups in total. The molecule has 0 saturated heterocycles. The van der Waals surface area contributed by atoms with E-state index in [1.807, 2.05) is 0 Å². The van der Waals surface area contributed by atoms with Crippen LogP contribution in [0.15, 0.2) is 12.3 Å². The largest absolute Gasteiger partial charge is 0.393 e. The minimum absolute atomic E-state index is 0.0922. The van der Waals surface area contributed by atoms with Crippen molar-refractivity contribution in [2.45, 2.75) is 70.4 Å². The maximum atomic E-state index is 9.83. The maximum absolute atomic E-state index is 9.83. The molecule has 1 heterocycles. The van der Waals surface area contributed by atoms with Crippen LogP contribution in [-0.4, -0.2) is 21.0 Å². The van der Waals surface area contributed by atoms with Crippen LogP contribution in [0.4, 0.5) is 0 Å². The summed E-state index contributed by atoms with van der Waals surface area (Å²) in [5.74, 6) is 1.05. The monoisotopic (exact) mass is 262 g/mol. The van der Waals surface area contributed by atoms with Crippen LogP contribution in [0.5, 0.6) is 0 Å². The summed E-state index contributed by atoms with van der Waals surface area (Å²) < 4.78 is 2.20. The number of hydrogen-bond acceptors (Lipinski definition) is 2. The number of aliphatic hydroxyl groups excluding tert-OH is 1. The van der Waals surface area contributed by atoms with Crippen LogP contribution in [0.1, 0.15) is 63.6 Å². The molecule has 3 unspecified atom stereocenters. The summed E-state index contributed by atoms with van der Waals surface area (Å²) in [5.41, 5.74) is 1.22. The van der Waals surface area contributed by atoms with Crippen LogP contribution in [0, 0.1) is 11.8 Å². The highest BCUT2D eigenvalue weighted by Gasteiger charge is 2.31. The molecule has 1 aromatic rings. The summed E-state index contributed by atoms with van der Waals surface area (Å²) in [4.78, 5) is 0. The van der Waals surface area contributed by atoms with Crippen LogP contribution < -0.4 is 0 Å². The van der Waals surface area contributed by atoms with Crippen LogP contribution in [-0.2, 0) is 6.42 Å². The Morgan fingerprint density at radius 3 is 2.68 bits per heavy atom. The summed E-state index contributed by atoms with van der Waals surface area (Å²) in [5, 5.41) is 14.6. The quantitative estimate of drug-likeness (QED) is 0.907. The molecule has 19 heavy (non-hydrogen) atoms. The highest BCUT2D eigenvalue weighted by atomic mass is 16.3. The Morgan fingerprint density at radius 1 is 1.21 bits per heavy atom. The van der Waals surface area contributed by atoms with E-state index in [1.54, 1.807) is 0 Å². The number of rotatable bonds is 3. The third-order valence-electron chi connectivity index (χ3n) is 5.27. The molecule has 3 heteroatoms. The van der Waals surface area contributed by atoms with Gasteiger partial charge in [0, 0.05) is 6.20 Å². The molecule has 0 aliphatic heterocycles. The fourth-order valence-corrected chi connectivity index (χ4v) is 3.82. The van der Waals surface area contributed by atoms with Crippen molar-refractivity contribution < 1.29 is 5.11 Å². The number of aromatic nitrogens is 2. The number of hydrogen-bond donors (Lipinski definition) is 1. The van der Waals surface area contributed by atoms with Gasteiger partial charge >= 0.3 is 0 Å². The van der Waals surface area contributed by atoms with Gasteiger partial charge in [0.2, 0.25) is 0 Å². The standard InChI is InChI=1S/C16H26N2O/c1-12-13(7-8-16(12)19)11-14-9-10-18(17-14)15-5-3-2-4-6-15/h9-10,12-13,15-16,19H,2-8,11H2,1H3. The molecular weight excluding hydrogens is 236 g/mol. The second-order valence-corrected chi connectivity index (χ2v) is 6.55. The van der Waals surface area contributed by atoms with E-state index in [4.69, 9.17) is 5.10 Å². The van der Waals surface area contributed by atoms with Gasteiger partial charge in [-0.1, -0.05) is 26.2 Å². The Morgan fingerprint density at radius 2 is 2.00 bits per heavy atom. The fraction of sp³-hybridized carbons (Fsp3) is 0.812. The number of aliphatic hydroxyl groups is 1. The molecule has 0 amide bonds. The minimum Gasteiger partial charge on any atom is -0.393 e. The summed E-state index contributed by atoms with van der Waals surface area (Å²) in [6.45, 7) is 2.18. The van der Waals surface area contributed by atoms with Gasteiger partial charge in [-0.2, -0.15) is 5.10 Å². The molecule has 0 bridgehead atoms. The highest BCUT2D eigenvalue weighted by Crippen LogP contribution is 2.34. The summed E-state index contributed by atoms with van der Waals surface area (Å²) in [6, 6.07) is 2.82. The lowest BCUT2D eigenvalue weighted by atomic mass is 9.92. The van der Waals surface area contributed by atoms with Gasteiger partial charge < -0.3 is 5.11 Å². The lowest BCUT2D eigenvalue weighted by Crippen LogP contribution is -2.17. The first-order chi connectivity index (χ1) is 9.24. The maximum Gasteiger partial charge on any atom is 0.0627 e. The van der Waals surface area contributed by atoms with Gasteiger partial charge in [-0.25, -0.2) is 0 Å². The molecule has 2 aliphatic rings. The second-order valence-electron chi connectivity index (χ2n) is 6.55. The highest BCUT2D eigenvalue weighted by molar-refractivity contribution is 5.03. The Balaban J connectivity index is 1.61. The van der Waals surface area contributed by atoms with E-state index < -0.39 is 0 Å². The molecule has 0 spiro atoms. The van der Waals surface area contributed by atoms with Crippen molar-refractivity contribution in [2.24, 2.45) is 11.8 Å². The SMILES string of the molecule is CC1C(O)CCC1Cc1ccn(C2CCCCC2)n1. The van der Waals surface area contributed by atoms with Crippen LogP contribution in [0.2, 0.25) is 0 Å². The van der Waals surface area contributed by atoms with E-state index in [2.05, 4.69) is 23.9 Å². The number of nitrogens with zero attached hydrogens (tertiary/aromatic N) is 2. The second kappa shape index (κ2) is 5.66. The first-order valence-electron chi connectivity index (χ1n) is 7.96. The van der Waals surface area contributed by atoms with Crippen molar-refractivity contribution in [2.75, 3.05) is 0 Å². The molecule has 3 nitrogen and oxygen atoms in total. The first-order valence-corrected chi connectivity index (χ1v) is 7.96. The molecule has 106 valence electrons. The predicted molar refractivity (Wildman–Crippen MR) is 75.9 cm³/mol. The lowest BCUT2D eigenvalue weighted by Gasteiger charge is -2.22. The normalized spacial score (nSPS) is 32.8.